The Labute approximate surface area is 129 Å². The molecule has 0 aliphatic carbocycles. The maximum Gasteiger partial charge on any atom is 0.237 e. The number of primary amides is 1. The molecule has 0 aliphatic heterocycles. The van der Waals surface area contributed by atoms with Crippen LogP contribution in [0.2, 0.25) is 0 Å². The zero-order chi connectivity index (χ0) is 16.1. The quantitative estimate of drug-likeness (QED) is 0.483. The number of nitrogens with two attached hydrogens (primary N) is 1. The summed E-state index contributed by atoms with van der Waals surface area (Å²) in [6, 6.07) is 0.235. The molecule has 3 N–H and O–H groups in total. The minimum atomic E-state index is -0.628. The van der Waals surface area contributed by atoms with Gasteiger partial charge in [0.05, 0.1) is 18.8 Å². The Kier molecular flexibility index (Phi) is 11.6. The summed E-state index contributed by atoms with van der Waals surface area (Å²) in [7, 11) is 0. The summed E-state index contributed by atoms with van der Waals surface area (Å²) in [5.41, 5.74) is 4.86. The van der Waals surface area contributed by atoms with Crippen LogP contribution < -0.4 is 11.1 Å². The summed E-state index contributed by atoms with van der Waals surface area (Å²) < 4.78 is 10.9. The van der Waals surface area contributed by atoms with Gasteiger partial charge < -0.3 is 20.5 Å². The summed E-state index contributed by atoms with van der Waals surface area (Å²) in [5.74, 6) is -0.290. The van der Waals surface area contributed by atoms with E-state index in [1.165, 1.54) is 0 Å². The predicted octanol–water partition coefficient (Wildman–Crippen LogP) is 2.23. The Hall–Kier alpha value is -0.650. The third-order valence-corrected chi connectivity index (χ3v) is 3.38. The van der Waals surface area contributed by atoms with Crippen LogP contribution in [0.5, 0.6) is 0 Å². The molecule has 1 atom stereocenters. The lowest BCUT2D eigenvalue weighted by atomic mass is 9.93. The molecule has 0 aromatic rings. The molecule has 126 valence electrons. The second-order valence-corrected chi connectivity index (χ2v) is 6.03. The average Bonchev–Trinajstić information content (AvgIpc) is 2.40. The molecule has 0 saturated carbocycles. The highest BCUT2D eigenvalue weighted by Crippen LogP contribution is 2.14. The van der Waals surface area contributed by atoms with Gasteiger partial charge in [0.25, 0.3) is 0 Å². The molecule has 0 fully saturated rings. The molecule has 1 amide bonds. The largest absolute Gasteiger partial charge is 0.379 e. The highest BCUT2D eigenvalue weighted by Gasteiger charge is 2.30. The normalized spacial score (nSPS) is 14.3. The number of hydrogen-bond acceptors (Lipinski definition) is 4. The molecule has 5 nitrogen and oxygen atoms in total. The molecule has 0 bridgehead atoms. The summed E-state index contributed by atoms with van der Waals surface area (Å²) in [6.07, 6.45) is 4.84. The zero-order valence-electron chi connectivity index (χ0n) is 14.2. The number of carbonyl (C=O) groups is 1. The molecular formula is C16H34N2O3. The topological polar surface area (TPSA) is 73.6 Å². The van der Waals surface area contributed by atoms with Gasteiger partial charge in [-0.2, -0.15) is 0 Å². The lowest BCUT2D eigenvalue weighted by Gasteiger charge is -2.29. The number of ether oxygens (including phenoxy) is 2. The van der Waals surface area contributed by atoms with Crippen molar-refractivity contribution in [1.82, 2.24) is 5.32 Å². The number of amides is 1. The number of hydrogen-bond donors (Lipinski definition) is 2. The van der Waals surface area contributed by atoms with Crippen LogP contribution in [0.1, 0.15) is 59.8 Å². The van der Waals surface area contributed by atoms with Gasteiger partial charge >= 0.3 is 0 Å². The van der Waals surface area contributed by atoms with E-state index in [9.17, 15) is 4.79 Å². The minimum Gasteiger partial charge on any atom is -0.379 e. The molecule has 0 aliphatic rings. The van der Waals surface area contributed by atoms with E-state index in [0.29, 0.717) is 19.8 Å². The fraction of sp³-hybridized carbons (Fsp3) is 0.938. The molecule has 0 heterocycles. The monoisotopic (exact) mass is 302 g/mol. The summed E-state index contributed by atoms with van der Waals surface area (Å²) >= 11 is 0. The van der Waals surface area contributed by atoms with Crippen LogP contribution in [0.15, 0.2) is 0 Å². The Balaban J connectivity index is 3.61. The van der Waals surface area contributed by atoms with Crippen LogP contribution >= 0.6 is 0 Å². The van der Waals surface area contributed by atoms with Crippen LogP contribution in [0, 0.1) is 0 Å². The van der Waals surface area contributed by atoms with Gasteiger partial charge in [0.15, 0.2) is 0 Å². The van der Waals surface area contributed by atoms with Crippen molar-refractivity contribution >= 4 is 5.91 Å². The molecule has 21 heavy (non-hydrogen) atoms. The van der Waals surface area contributed by atoms with Gasteiger partial charge in [0, 0.05) is 19.3 Å². The van der Waals surface area contributed by atoms with Crippen molar-refractivity contribution in [3.8, 4) is 0 Å². The lowest BCUT2D eigenvalue weighted by Crippen LogP contribution is -2.55. The van der Waals surface area contributed by atoms with Gasteiger partial charge in [-0.15, -0.1) is 0 Å². The van der Waals surface area contributed by atoms with Crippen molar-refractivity contribution < 1.29 is 14.3 Å². The summed E-state index contributed by atoms with van der Waals surface area (Å²) in [6.45, 7) is 10.9. The summed E-state index contributed by atoms with van der Waals surface area (Å²) in [5, 5.41) is 3.25. The second-order valence-electron chi connectivity index (χ2n) is 6.03. The zero-order valence-corrected chi connectivity index (χ0v) is 14.2. The molecule has 0 rings (SSSR count). The Morgan fingerprint density at radius 3 is 2.14 bits per heavy atom. The van der Waals surface area contributed by atoms with E-state index in [2.05, 4.69) is 12.2 Å². The van der Waals surface area contributed by atoms with E-state index in [4.69, 9.17) is 15.2 Å². The maximum absolute atomic E-state index is 11.6. The average molecular weight is 302 g/mol. The summed E-state index contributed by atoms with van der Waals surface area (Å²) in [4.78, 5) is 11.6. The molecule has 0 aromatic carbocycles. The molecule has 0 radical (unpaired) electrons. The second kappa shape index (κ2) is 12.0. The fourth-order valence-corrected chi connectivity index (χ4v) is 2.15. The van der Waals surface area contributed by atoms with E-state index >= 15 is 0 Å². The number of unbranched alkanes of at least 4 members (excludes halogenated alkanes) is 2. The van der Waals surface area contributed by atoms with Gasteiger partial charge in [-0.1, -0.05) is 13.3 Å². The van der Waals surface area contributed by atoms with Gasteiger partial charge in [-0.05, 0) is 46.5 Å². The molecule has 0 aromatic heterocycles. The van der Waals surface area contributed by atoms with Crippen molar-refractivity contribution in [1.29, 1.82) is 0 Å². The standard InChI is InChI=1S/C16H34N2O3/c1-5-6-10-20-12-13-21-11-8-7-9-16(4,15(17)19)18-14(2)3/h14,18H,5-13H2,1-4H3,(H2,17,19). The first-order valence-electron chi connectivity index (χ1n) is 8.15. The van der Waals surface area contributed by atoms with Crippen LogP contribution in [0.4, 0.5) is 0 Å². The molecule has 0 spiro atoms. The first kappa shape index (κ1) is 20.3. The van der Waals surface area contributed by atoms with E-state index in [1.54, 1.807) is 0 Å². The van der Waals surface area contributed by atoms with Gasteiger partial charge in [0.1, 0.15) is 0 Å². The van der Waals surface area contributed by atoms with Gasteiger partial charge in [-0.25, -0.2) is 0 Å². The van der Waals surface area contributed by atoms with E-state index in [1.807, 2.05) is 20.8 Å². The van der Waals surface area contributed by atoms with Gasteiger partial charge in [-0.3, -0.25) is 4.79 Å². The Bertz CT molecular complexity index is 272. The van der Waals surface area contributed by atoms with Crippen molar-refractivity contribution in [2.75, 3.05) is 26.4 Å². The first-order chi connectivity index (χ1) is 9.92. The van der Waals surface area contributed by atoms with Crippen molar-refractivity contribution in [3.63, 3.8) is 0 Å². The maximum atomic E-state index is 11.6. The Morgan fingerprint density at radius 2 is 1.67 bits per heavy atom. The van der Waals surface area contributed by atoms with Crippen LogP contribution in [0.3, 0.4) is 0 Å². The van der Waals surface area contributed by atoms with Crippen LogP contribution in [-0.4, -0.2) is 43.9 Å². The van der Waals surface area contributed by atoms with Gasteiger partial charge in [0.2, 0.25) is 5.91 Å². The molecular weight excluding hydrogens is 268 g/mol. The number of nitrogens with one attached hydrogen (secondary N) is 1. The lowest BCUT2D eigenvalue weighted by molar-refractivity contribution is -0.124. The van der Waals surface area contributed by atoms with E-state index in [-0.39, 0.29) is 11.9 Å². The van der Waals surface area contributed by atoms with Crippen molar-refractivity contribution in [2.45, 2.75) is 71.4 Å². The van der Waals surface area contributed by atoms with Crippen molar-refractivity contribution in [2.24, 2.45) is 5.73 Å². The number of carbonyl (C=O) groups excluding carboxylic acids is 1. The molecule has 5 heteroatoms. The third-order valence-electron chi connectivity index (χ3n) is 3.38. The van der Waals surface area contributed by atoms with Crippen molar-refractivity contribution in [3.05, 3.63) is 0 Å². The van der Waals surface area contributed by atoms with Crippen LogP contribution in [0.25, 0.3) is 0 Å². The Morgan fingerprint density at radius 1 is 1.10 bits per heavy atom. The fourth-order valence-electron chi connectivity index (χ4n) is 2.15. The van der Waals surface area contributed by atoms with E-state index in [0.717, 1.165) is 38.7 Å². The predicted molar refractivity (Wildman–Crippen MR) is 86.3 cm³/mol. The van der Waals surface area contributed by atoms with E-state index < -0.39 is 5.54 Å². The third kappa shape index (κ3) is 10.7. The highest BCUT2D eigenvalue weighted by atomic mass is 16.5. The number of rotatable bonds is 14. The minimum absolute atomic E-state index is 0.235. The first-order valence-corrected chi connectivity index (χ1v) is 8.15. The molecule has 1 unspecified atom stereocenters. The molecule has 0 saturated heterocycles. The van der Waals surface area contributed by atoms with Crippen LogP contribution in [-0.2, 0) is 14.3 Å². The highest BCUT2D eigenvalue weighted by molar-refractivity contribution is 5.84. The SMILES string of the molecule is CCCCOCCOCCCCC(C)(NC(C)C)C(N)=O. The smallest absolute Gasteiger partial charge is 0.237 e.